The van der Waals surface area contributed by atoms with Crippen LogP contribution in [0.15, 0.2) is 0 Å². The number of carbonyl (C=O) groups is 2. The van der Waals surface area contributed by atoms with E-state index < -0.39 is 58.9 Å². The molecule has 0 saturated carbocycles. The molecule has 0 saturated heterocycles. The average molecular weight is 355 g/mol. The molecule has 0 aliphatic carbocycles. The zero-order valence-corrected chi connectivity index (χ0v) is 12.9. The van der Waals surface area contributed by atoms with Crippen LogP contribution in [0.3, 0.4) is 0 Å². The Labute approximate surface area is 133 Å². The predicted molar refractivity (Wildman–Crippen MR) is 70.7 cm³/mol. The van der Waals surface area contributed by atoms with Gasteiger partial charge in [-0.15, -0.1) is 0 Å². The molecule has 1 aromatic rings. The first-order chi connectivity index (χ1) is 10.9. The lowest BCUT2D eigenvalue weighted by molar-refractivity contribution is -0.134. The summed E-state index contributed by atoms with van der Waals surface area (Å²) in [7, 11) is 0. The molecule has 0 aliphatic rings. The Morgan fingerprint density at radius 2 is 1.38 bits per heavy atom. The van der Waals surface area contributed by atoms with Gasteiger partial charge in [-0.1, -0.05) is 0 Å². The van der Waals surface area contributed by atoms with Crippen molar-refractivity contribution in [2.75, 3.05) is 6.54 Å². The quantitative estimate of drug-likeness (QED) is 0.296. The van der Waals surface area contributed by atoms with Crippen molar-refractivity contribution in [1.29, 1.82) is 0 Å². The molecular formula is C14H14F5NO4. The molecule has 0 fully saturated rings. The van der Waals surface area contributed by atoms with Crippen molar-refractivity contribution in [2.45, 2.75) is 32.8 Å². The molecule has 1 amide bonds. The maximum Gasteiger partial charge on any atom is 0.407 e. The Balaban J connectivity index is 2.66. The van der Waals surface area contributed by atoms with E-state index in [1.165, 1.54) is 0 Å². The van der Waals surface area contributed by atoms with E-state index in [1.54, 1.807) is 20.8 Å². The fourth-order valence-corrected chi connectivity index (χ4v) is 1.42. The smallest absolute Gasteiger partial charge is 0.407 e. The molecule has 0 bridgehead atoms. The fraction of sp³-hybridized carbons (Fsp3) is 0.429. The van der Waals surface area contributed by atoms with Crippen molar-refractivity contribution in [3.8, 4) is 5.75 Å². The molecule has 0 aromatic heterocycles. The lowest BCUT2D eigenvalue weighted by Gasteiger charge is -2.19. The van der Waals surface area contributed by atoms with Gasteiger partial charge in [0.25, 0.3) is 0 Å². The molecule has 10 heteroatoms. The summed E-state index contributed by atoms with van der Waals surface area (Å²) in [6.07, 6.45) is -1.44. The van der Waals surface area contributed by atoms with Crippen molar-refractivity contribution < 1.29 is 41.0 Å². The van der Waals surface area contributed by atoms with E-state index in [2.05, 4.69) is 10.1 Å². The van der Waals surface area contributed by atoms with Gasteiger partial charge in [0.2, 0.25) is 34.8 Å². The van der Waals surface area contributed by atoms with Crippen LogP contribution in [0.2, 0.25) is 0 Å². The van der Waals surface area contributed by atoms with Gasteiger partial charge < -0.3 is 14.8 Å². The molecule has 5 nitrogen and oxygen atoms in total. The van der Waals surface area contributed by atoms with Crippen LogP contribution in [0.25, 0.3) is 0 Å². The molecule has 24 heavy (non-hydrogen) atoms. The number of ether oxygens (including phenoxy) is 2. The van der Waals surface area contributed by atoms with Crippen molar-refractivity contribution in [1.82, 2.24) is 5.32 Å². The summed E-state index contributed by atoms with van der Waals surface area (Å²) in [4.78, 5) is 22.7. The van der Waals surface area contributed by atoms with E-state index in [0.29, 0.717) is 0 Å². The van der Waals surface area contributed by atoms with Crippen LogP contribution in [0, 0.1) is 29.1 Å². The highest BCUT2D eigenvalue weighted by atomic mass is 19.2. The number of hydrogen-bond acceptors (Lipinski definition) is 4. The van der Waals surface area contributed by atoms with Crippen molar-refractivity contribution in [3.05, 3.63) is 29.1 Å². The van der Waals surface area contributed by atoms with Crippen LogP contribution < -0.4 is 10.1 Å². The number of benzene rings is 1. The second kappa shape index (κ2) is 7.45. The molecule has 0 atom stereocenters. The minimum Gasteiger partial charge on any atom is -0.444 e. The Hall–Kier alpha value is -2.39. The molecule has 1 aromatic carbocycles. The molecule has 0 aliphatic heterocycles. The summed E-state index contributed by atoms with van der Waals surface area (Å²) in [5.74, 6) is -14.4. The Morgan fingerprint density at radius 1 is 0.917 bits per heavy atom. The van der Waals surface area contributed by atoms with Crippen LogP contribution in [-0.2, 0) is 9.53 Å². The van der Waals surface area contributed by atoms with Gasteiger partial charge >= 0.3 is 12.1 Å². The number of carbonyl (C=O) groups excluding carboxylic acids is 2. The lowest BCUT2D eigenvalue weighted by Crippen LogP contribution is -2.34. The first-order valence-electron chi connectivity index (χ1n) is 6.63. The van der Waals surface area contributed by atoms with E-state index in [0.717, 1.165) is 0 Å². The normalized spacial score (nSPS) is 11.2. The largest absolute Gasteiger partial charge is 0.444 e. The molecule has 1 N–H and O–H groups in total. The van der Waals surface area contributed by atoms with Gasteiger partial charge in [0.15, 0.2) is 0 Å². The maximum absolute atomic E-state index is 13.3. The third-order valence-corrected chi connectivity index (χ3v) is 2.38. The summed E-state index contributed by atoms with van der Waals surface area (Å²) in [6.45, 7) is 4.47. The van der Waals surface area contributed by atoms with E-state index in [4.69, 9.17) is 4.74 Å². The number of hydrogen-bond donors (Lipinski definition) is 1. The van der Waals surface area contributed by atoms with Crippen molar-refractivity contribution in [2.24, 2.45) is 0 Å². The van der Waals surface area contributed by atoms with E-state index in [-0.39, 0.29) is 6.54 Å². The van der Waals surface area contributed by atoms with Crippen molar-refractivity contribution >= 4 is 12.1 Å². The van der Waals surface area contributed by atoms with E-state index in [9.17, 15) is 31.5 Å². The van der Waals surface area contributed by atoms with E-state index >= 15 is 0 Å². The minimum absolute atomic E-state index is 0.330. The predicted octanol–water partition coefficient (Wildman–Crippen LogP) is 3.20. The highest BCUT2D eigenvalue weighted by molar-refractivity contribution is 5.74. The molecule has 0 radical (unpaired) electrons. The number of rotatable bonds is 4. The Morgan fingerprint density at radius 3 is 1.83 bits per heavy atom. The first kappa shape index (κ1) is 19.7. The topological polar surface area (TPSA) is 64.6 Å². The van der Waals surface area contributed by atoms with Gasteiger partial charge in [-0.2, -0.15) is 8.78 Å². The number of amides is 1. The van der Waals surface area contributed by atoms with Crippen molar-refractivity contribution in [3.63, 3.8) is 0 Å². The highest BCUT2D eigenvalue weighted by Crippen LogP contribution is 2.29. The number of alkyl carbamates (subject to hydrolysis) is 1. The SMILES string of the molecule is CC(C)(C)OC(=O)NCCC(=O)Oc1c(F)c(F)c(F)c(F)c1F. The maximum atomic E-state index is 13.3. The van der Waals surface area contributed by atoms with Gasteiger partial charge in [0, 0.05) is 6.54 Å². The third kappa shape index (κ3) is 5.07. The molecule has 1 rings (SSSR count). The van der Waals surface area contributed by atoms with Crippen LogP contribution in [-0.4, -0.2) is 24.2 Å². The first-order valence-corrected chi connectivity index (χ1v) is 6.63. The molecule has 0 unspecified atom stereocenters. The summed E-state index contributed by atoms with van der Waals surface area (Å²) in [5.41, 5.74) is -0.778. The Bertz CT molecular complexity index is 629. The summed E-state index contributed by atoms with van der Waals surface area (Å²) >= 11 is 0. The average Bonchev–Trinajstić information content (AvgIpc) is 2.45. The fourth-order valence-electron chi connectivity index (χ4n) is 1.42. The minimum atomic E-state index is -2.36. The summed E-state index contributed by atoms with van der Waals surface area (Å²) in [6, 6.07) is 0. The van der Waals surface area contributed by atoms with Crippen LogP contribution >= 0.6 is 0 Å². The monoisotopic (exact) mass is 355 g/mol. The van der Waals surface area contributed by atoms with E-state index in [1.807, 2.05) is 0 Å². The summed E-state index contributed by atoms with van der Waals surface area (Å²) < 4.78 is 74.3. The van der Waals surface area contributed by atoms with Crippen LogP contribution in [0.4, 0.5) is 26.7 Å². The second-order valence-electron chi connectivity index (χ2n) is 5.55. The lowest BCUT2D eigenvalue weighted by atomic mass is 10.2. The van der Waals surface area contributed by atoms with Gasteiger partial charge in [-0.25, -0.2) is 18.0 Å². The molecular weight excluding hydrogens is 341 g/mol. The molecule has 0 heterocycles. The number of esters is 1. The standard InChI is InChI=1S/C14H14F5NO4/c1-14(2,3)24-13(22)20-5-4-6(21)23-12-10(18)8(16)7(15)9(17)11(12)19/h4-5H2,1-3H3,(H,20,22). The summed E-state index contributed by atoms with van der Waals surface area (Å²) in [5, 5.41) is 2.16. The zero-order valence-electron chi connectivity index (χ0n) is 12.9. The van der Waals surface area contributed by atoms with Crippen LogP contribution in [0.1, 0.15) is 27.2 Å². The van der Waals surface area contributed by atoms with Gasteiger partial charge in [-0.05, 0) is 20.8 Å². The van der Waals surface area contributed by atoms with Gasteiger partial charge in [-0.3, -0.25) is 4.79 Å². The van der Waals surface area contributed by atoms with Gasteiger partial charge in [0.1, 0.15) is 5.60 Å². The van der Waals surface area contributed by atoms with Crippen LogP contribution in [0.5, 0.6) is 5.75 Å². The number of nitrogens with one attached hydrogen (secondary N) is 1. The Kier molecular flexibility index (Phi) is 6.10. The highest BCUT2D eigenvalue weighted by Gasteiger charge is 2.28. The second-order valence-corrected chi connectivity index (χ2v) is 5.55. The number of halogens is 5. The van der Waals surface area contributed by atoms with Gasteiger partial charge in [0.05, 0.1) is 6.42 Å². The third-order valence-electron chi connectivity index (χ3n) is 2.38. The zero-order chi connectivity index (χ0) is 18.7. The molecule has 134 valence electrons. The molecule has 0 spiro atoms.